The van der Waals surface area contributed by atoms with Crippen molar-refractivity contribution in [3.8, 4) is 0 Å². The van der Waals surface area contributed by atoms with Crippen LogP contribution in [0.1, 0.15) is 98.8 Å². The van der Waals surface area contributed by atoms with Crippen molar-refractivity contribution in [3.63, 3.8) is 0 Å². The molecule has 0 saturated heterocycles. The average Bonchev–Trinajstić information content (AvgIpc) is 3.15. The number of hydrogen-bond acceptors (Lipinski definition) is 5. The lowest BCUT2D eigenvalue weighted by atomic mass is 9.63. The fourth-order valence-corrected chi connectivity index (χ4v) is 6.51. The van der Waals surface area contributed by atoms with Crippen molar-refractivity contribution in [2.45, 2.75) is 116 Å². The molecule has 0 aliphatic heterocycles. The summed E-state index contributed by atoms with van der Waals surface area (Å²) in [5.74, 6) is -0.720. The molecule has 0 bridgehead atoms. The molecule has 5 atom stereocenters. The Morgan fingerprint density at radius 2 is 1.94 bits per heavy atom. The first-order valence-corrected chi connectivity index (χ1v) is 13.3. The summed E-state index contributed by atoms with van der Waals surface area (Å²) in [7, 11) is 0. The van der Waals surface area contributed by atoms with Crippen LogP contribution in [-0.4, -0.2) is 40.3 Å². The molecule has 1 unspecified atom stereocenters. The van der Waals surface area contributed by atoms with Crippen molar-refractivity contribution < 1.29 is 24.5 Å². The minimum absolute atomic E-state index is 0.00920. The van der Waals surface area contributed by atoms with Gasteiger partial charge in [0.1, 0.15) is 12.2 Å². The lowest BCUT2D eigenvalue weighted by molar-refractivity contribution is -0.229. The van der Waals surface area contributed by atoms with Gasteiger partial charge < -0.3 is 19.7 Å². The zero-order chi connectivity index (χ0) is 25.1. The van der Waals surface area contributed by atoms with Gasteiger partial charge >= 0.3 is 5.97 Å². The van der Waals surface area contributed by atoms with Crippen LogP contribution in [0, 0.1) is 17.3 Å². The smallest absolute Gasteiger partial charge is 0.332 e. The van der Waals surface area contributed by atoms with Crippen LogP contribution in [0.3, 0.4) is 0 Å². The quantitative estimate of drug-likeness (QED) is 0.333. The normalized spacial score (nSPS) is 36.7. The predicted molar refractivity (Wildman–Crippen MR) is 135 cm³/mol. The van der Waals surface area contributed by atoms with Crippen molar-refractivity contribution in [2.24, 2.45) is 17.3 Å². The Morgan fingerprint density at radius 1 is 1.24 bits per heavy atom. The lowest BCUT2D eigenvalue weighted by Crippen LogP contribution is -2.44. The second-order valence-electron chi connectivity index (χ2n) is 11.3. The molecule has 3 aliphatic carbocycles. The minimum atomic E-state index is -1.62. The Morgan fingerprint density at radius 3 is 2.59 bits per heavy atom. The third-order valence-corrected chi connectivity index (χ3v) is 9.26. The Hall–Kier alpha value is -1.43. The van der Waals surface area contributed by atoms with Gasteiger partial charge in [0.05, 0.1) is 6.10 Å². The summed E-state index contributed by atoms with van der Waals surface area (Å²) >= 11 is 0. The van der Waals surface area contributed by atoms with Crippen LogP contribution >= 0.6 is 0 Å². The molecule has 3 saturated carbocycles. The fraction of sp³-hybridized carbons (Fsp3) is 0.759. The van der Waals surface area contributed by atoms with Gasteiger partial charge in [0.2, 0.25) is 0 Å². The van der Waals surface area contributed by atoms with Gasteiger partial charge in [0, 0.05) is 12.8 Å². The molecule has 0 amide bonds. The fourth-order valence-electron chi connectivity index (χ4n) is 6.51. The van der Waals surface area contributed by atoms with E-state index >= 15 is 0 Å². The number of allylic oxidation sites excluding steroid dienone is 3. The van der Waals surface area contributed by atoms with Crippen molar-refractivity contribution >= 4 is 5.97 Å². The summed E-state index contributed by atoms with van der Waals surface area (Å²) in [4.78, 5) is 12.3. The average molecular weight is 475 g/mol. The molecule has 34 heavy (non-hydrogen) atoms. The van der Waals surface area contributed by atoms with Crippen LogP contribution in [-0.2, 0) is 14.3 Å². The van der Waals surface area contributed by atoms with Crippen molar-refractivity contribution in [1.29, 1.82) is 0 Å². The Balaban J connectivity index is 1.71. The van der Waals surface area contributed by atoms with E-state index in [1.807, 2.05) is 26.8 Å². The molecule has 0 heterocycles. The SMILES string of the molecule is C=C1C(=CC=C2CCC[C@]3(C)[C@@H](CC)CC[C@@H]23)C[C@](O)(OCC(=O)OC(C)(CC)CC)CC1O. The molecule has 0 spiro atoms. The number of aliphatic hydroxyl groups is 2. The first-order chi connectivity index (χ1) is 16.0. The summed E-state index contributed by atoms with van der Waals surface area (Å²) in [5.41, 5.74) is 2.74. The van der Waals surface area contributed by atoms with Gasteiger partial charge in [-0.3, -0.25) is 0 Å². The maximum atomic E-state index is 12.3. The topological polar surface area (TPSA) is 76.0 Å². The number of rotatable bonds is 8. The summed E-state index contributed by atoms with van der Waals surface area (Å²) < 4.78 is 11.2. The third-order valence-electron chi connectivity index (χ3n) is 9.26. The lowest BCUT2D eigenvalue weighted by Gasteiger charge is -2.42. The van der Waals surface area contributed by atoms with E-state index in [2.05, 4.69) is 26.5 Å². The number of hydrogen-bond donors (Lipinski definition) is 2. The second-order valence-corrected chi connectivity index (χ2v) is 11.3. The van der Waals surface area contributed by atoms with Crippen molar-refractivity contribution in [2.75, 3.05) is 6.61 Å². The highest BCUT2D eigenvalue weighted by atomic mass is 16.6. The molecular formula is C29H46O5. The van der Waals surface area contributed by atoms with Crippen LogP contribution in [0.4, 0.5) is 0 Å². The van der Waals surface area contributed by atoms with Crippen LogP contribution in [0.2, 0.25) is 0 Å². The van der Waals surface area contributed by atoms with E-state index < -0.39 is 23.5 Å². The molecule has 0 aromatic carbocycles. The minimum Gasteiger partial charge on any atom is -0.458 e. The second kappa shape index (κ2) is 10.7. The zero-order valence-corrected chi connectivity index (χ0v) is 22.0. The number of carbonyl (C=O) groups excluding carboxylic acids is 1. The van der Waals surface area contributed by atoms with Crippen molar-refractivity contribution in [1.82, 2.24) is 0 Å². The van der Waals surface area contributed by atoms with E-state index in [1.165, 1.54) is 37.7 Å². The number of ether oxygens (including phenoxy) is 2. The van der Waals surface area contributed by atoms with Gasteiger partial charge in [0.25, 0.3) is 0 Å². The number of esters is 1. The van der Waals surface area contributed by atoms with Gasteiger partial charge in [-0.2, -0.15) is 0 Å². The van der Waals surface area contributed by atoms with E-state index in [1.54, 1.807) is 0 Å². The predicted octanol–water partition coefficient (Wildman–Crippen LogP) is 6.00. The molecule has 192 valence electrons. The van der Waals surface area contributed by atoms with Crippen LogP contribution in [0.5, 0.6) is 0 Å². The largest absolute Gasteiger partial charge is 0.458 e. The molecule has 2 N–H and O–H groups in total. The summed E-state index contributed by atoms with van der Waals surface area (Å²) in [6.07, 6.45) is 12.3. The van der Waals surface area contributed by atoms with E-state index in [-0.39, 0.29) is 19.4 Å². The van der Waals surface area contributed by atoms with Crippen LogP contribution in [0.15, 0.2) is 35.5 Å². The first kappa shape index (κ1) is 27.2. The van der Waals surface area contributed by atoms with Gasteiger partial charge in [-0.05, 0) is 80.3 Å². The molecular weight excluding hydrogens is 428 g/mol. The van der Waals surface area contributed by atoms with Gasteiger partial charge in [-0.15, -0.1) is 0 Å². The maximum absolute atomic E-state index is 12.3. The molecule has 3 aliphatic rings. The number of carbonyl (C=O) groups is 1. The molecule has 0 aromatic rings. The molecule has 0 aromatic heterocycles. The molecule has 3 rings (SSSR count). The maximum Gasteiger partial charge on any atom is 0.332 e. The molecule has 0 radical (unpaired) electrons. The standard InChI is InChI=1S/C29H46O5/c1-7-23-14-15-24-21(11-10-16-28(23,24)6)12-13-22-17-29(32,18-25(30)20(22)4)33-19-26(31)34-27(5,8-2)9-3/h12-13,23-25,30,32H,4,7-11,14-19H2,1-3,5-6H3/t23-,24-,25?,28+,29-/m0/s1. The number of aliphatic hydroxyl groups excluding tert-OH is 1. The van der Waals surface area contributed by atoms with E-state index in [0.717, 1.165) is 17.9 Å². The highest BCUT2D eigenvalue weighted by Crippen LogP contribution is 2.58. The zero-order valence-electron chi connectivity index (χ0n) is 22.0. The highest BCUT2D eigenvalue weighted by molar-refractivity contribution is 5.71. The summed E-state index contributed by atoms with van der Waals surface area (Å²) in [6.45, 7) is 14.3. The van der Waals surface area contributed by atoms with Crippen LogP contribution < -0.4 is 0 Å². The Kier molecular flexibility index (Phi) is 8.53. The Labute approximate surface area is 206 Å². The molecule has 5 heteroatoms. The summed E-state index contributed by atoms with van der Waals surface area (Å²) in [6, 6.07) is 0. The van der Waals surface area contributed by atoms with Gasteiger partial charge in [-0.25, -0.2) is 4.79 Å². The van der Waals surface area contributed by atoms with Gasteiger partial charge in [-0.1, -0.05) is 58.4 Å². The van der Waals surface area contributed by atoms with Gasteiger partial charge in [0.15, 0.2) is 5.79 Å². The van der Waals surface area contributed by atoms with Crippen molar-refractivity contribution in [3.05, 3.63) is 35.5 Å². The summed E-state index contributed by atoms with van der Waals surface area (Å²) in [5, 5.41) is 21.7. The third kappa shape index (κ3) is 5.68. The monoisotopic (exact) mass is 474 g/mol. The van der Waals surface area contributed by atoms with E-state index in [9.17, 15) is 15.0 Å². The van der Waals surface area contributed by atoms with Crippen LogP contribution in [0.25, 0.3) is 0 Å². The highest BCUT2D eigenvalue weighted by Gasteiger charge is 2.48. The molecule has 5 nitrogen and oxygen atoms in total. The van der Waals surface area contributed by atoms with E-state index in [4.69, 9.17) is 9.47 Å². The molecule has 3 fully saturated rings. The Bertz CT molecular complexity index is 822. The first-order valence-electron chi connectivity index (χ1n) is 13.3. The number of fused-ring (bicyclic) bond motifs is 1. The van der Waals surface area contributed by atoms with E-state index in [0.29, 0.717) is 29.7 Å².